The molecule has 116 valence electrons. The summed E-state index contributed by atoms with van der Waals surface area (Å²) in [5.41, 5.74) is 0.727. The van der Waals surface area contributed by atoms with Crippen LogP contribution in [0.15, 0.2) is 24.3 Å². The molecular formula is C14H19ClN2O3S. The largest absolute Gasteiger partial charge is 0.299 e. The highest BCUT2D eigenvalue weighted by Crippen LogP contribution is 2.16. The van der Waals surface area contributed by atoms with Gasteiger partial charge in [-0.15, -0.1) is 0 Å². The number of benzene rings is 1. The highest BCUT2D eigenvalue weighted by molar-refractivity contribution is 7.88. The zero-order valence-electron chi connectivity index (χ0n) is 12.0. The molecule has 1 saturated heterocycles. The second-order valence-corrected chi connectivity index (χ2v) is 7.67. The van der Waals surface area contributed by atoms with Crippen LogP contribution in [0, 0.1) is 0 Å². The highest BCUT2D eigenvalue weighted by atomic mass is 35.5. The van der Waals surface area contributed by atoms with Crippen LogP contribution in [0.2, 0.25) is 5.02 Å². The van der Waals surface area contributed by atoms with Gasteiger partial charge in [0.25, 0.3) is 0 Å². The fraction of sp³-hybridized carbons (Fsp3) is 0.500. The van der Waals surface area contributed by atoms with Crippen LogP contribution in [-0.4, -0.2) is 56.1 Å². The van der Waals surface area contributed by atoms with Gasteiger partial charge in [0.2, 0.25) is 10.0 Å². The second-order valence-electron chi connectivity index (χ2n) is 5.26. The lowest BCUT2D eigenvalue weighted by Crippen LogP contribution is -2.49. The molecule has 0 radical (unpaired) electrons. The number of piperazine rings is 1. The number of hydrogen-bond donors (Lipinski definition) is 0. The predicted octanol–water partition coefficient (Wildman–Crippen LogP) is 1.38. The van der Waals surface area contributed by atoms with Gasteiger partial charge in [0.1, 0.15) is 5.78 Å². The van der Waals surface area contributed by atoms with Gasteiger partial charge in [0, 0.05) is 31.2 Å². The van der Waals surface area contributed by atoms with Crippen LogP contribution in [0.5, 0.6) is 0 Å². The molecule has 1 heterocycles. The number of rotatable bonds is 5. The van der Waals surface area contributed by atoms with Gasteiger partial charge < -0.3 is 0 Å². The lowest BCUT2D eigenvalue weighted by molar-refractivity contribution is -0.118. The molecule has 1 fully saturated rings. The van der Waals surface area contributed by atoms with E-state index in [1.807, 2.05) is 4.90 Å². The van der Waals surface area contributed by atoms with Crippen LogP contribution in [0.3, 0.4) is 0 Å². The van der Waals surface area contributed by atoms with Crippen LogP contribution in [0.1, 0.15) is 12.5 Å². The van der Waals surface area contributed by atoms with E-state index in [-0.39, 0.29) is 11.5 Å². The highest BCUT2D eigenvalue weighted by Gasteiger charge is 2.27. The van der Waals surface area contributed by atoms with Gasteiger partial charge in [0.05, 0.1) is 12.3 Å². The molecule has 0 N–H and O–H groups in total. The van der Waals surface area contributed by atoms with E-state index in [2.05, 4.69) is 0 Å². The second kappa shape index (κ2) is 6.87. The van der Waals surface area contributed by atoms with Crippen LogP contribution in [0.25, 0.3) is 0 Å². The molecule has 1 aromatic carbocycles. The predicted molar refractivity (Wildman–Crippen MR) is 82.8 cm³/mol. The zero-order chi connectivity index (χ0) is 15.5. The van der Waals surface area contributed by atoms with E-state index >= 15 is 0 Å². The smallest absolute Gasteiger partial charge is 0.218 e. The Bertz CT molecular complexity index is 593. The van der Waals surface area contributed by atoms with Gasteiger partial charge in [-0.3, -0.25) is 9.69 Å². The van der Waals surface area contributed by atoms with Crippen molar-refractivity contribution in [3.63, 3.8) is 0 Å². The van der Waals surface area contributed by atoms with Crippen LogP contribution in [-0.2, 0) is 20.6 Å². The van der Waals surface area contributed by atoms with Gasteiger partial charge >= 0.3 is 0 Å². The molecule has 0 bridgehead atoms. The van der Waals surface area contributed by atoms with Crippen molar-refractivity contribution in [1.82, 2.24) is 9.21 Å². The van der Waals surface area contributed by atoms with E-state index < -0.39 is 10.0 Å². The Labute approximate surface area is 130 Å². The van der Waals surface area contributed by atoms with E-state index in [4.69, 9.17) is 11.6 Å². The Morgan fingerprint density at radius 3 is 2.24 bits per heavy atom. The van der Waals surface area contributed by atoms with E-state index in [9.17, 15) is 13.2 Å². The Balaban J connectivity index is 1.95. The number of Topliss-reactive ketones (excluding diaryl/α,β-unsaturated/α-hetero) is 1. The third kappa shape index (κ3) is 4.78. The Hall–Kier alpha value is -0.950. The van der Waals surface area contributed by atoms with Crippen molar-refractivity contribution in [3.05, 3.63) is 34.9 Å². The number of halogens is 1. The monoisotopic (exact) mass is 330 g/mol. The number of carbonyl (C=O) groups is 1. The summed E-state index contributed by atoms with van der Waals surface area (Å²) in [5.74, 6) is 0.0872. The summed E-state index contributed by atoms with van der Waals surface area (Å²) >= 11 is 5.80. The lowest BCUT2D eigenvalue weighted by atomic mass is 10.2. The lowest BCUT2D eigenvalue weighted by Gasteiger charge is -2.33. The van der Waals surface area contributed by atoms with Crippen molar-refractivity contribution in [2.75, 3.05) is 32.7 Å². The minimum Gasteiger partial charge on any atom is -0.299 e. The van der Waals surface area contributed by atoms with E-state index in [0.29, 0.717) is 37.7 Å². The Morgan fingerprint density at radius 1 is 1.14 bits per heavy atom. The molecule has 0 amide bonds. The molecule has 0 atom stereocenters. The molecule has 0 aliphatic carbocycles. The first-order valence-corrected chi connectivity index (χ1v) is 8.79. The molecule has 1 aromatic rings. The van der Waals surface area contributed by atoms with Crippen molar-refractivity contribution in [2.45, 2.75) is 12.7 Å². The summed E-state index contributed by atoms with van der Waals surface area (Å²) in [6.45, 7) is 4.00. The first kappa shape index (κ1) is 16.4. The van der Waals surface area contributed by atoms with E-state index in [1.165, 1.54) is 4.31 Å². The standard InChI is InChI=1S/C14H19ClN2O3S/c1-12(18)10-16-6-8-17(9-7-16)21(19,20)11-13-2-4-14(15)5-3-13/h2-5H,6-11H2,1H3. The average Bonchev–Trinajstić information content (AvgIpc) is 2.41. The molecule has 0 saturated carbocycles. The maximum Gasteiger partial charge on any atom is 0.218 e. The molecule has 0 spiro atoms. The van der Waals surface area contributed by atoms with Gasteiger partial charge in [0.15, 0.2) is 0 Å². The summed E-state index contributed by atoms with van der Waals surface area (Å²) in [6.07, 6.45) is 0. The minimum atomic E-state index is -3.32. The fourth-order valence-electron chi connectivity index (χ4n) is 2.36. The van der Waals surface area contributed by atoms with Gasteiger partial charge in [-0.25, -0.2) is 8.42 Å². The maximum atomic E-state index is 12.4. The van der Waals surface area contributed by atoms with Crippen LogP contribution < -0.4 is 0 Å². The van der Waals surface area contributed by atoms with Gasteiger partial charge in [-0.1, -0.05) is 23.7 Å². The summed E-state index contributed by atoms with van der Waals surface area (Å²) in [6, 6.07) is 6.84. The average molecular weight is 331 g/mol. The maximum absolute atomic E-state index is 12.4. The topological polar surface area (TPSA) is 57.7 Å². The fourth-order valence-corrected chi connectivity index (χ4v) is 4.01. The molecular weight excluding hydrogens is 312 g/mol. The molecule has 0 aromatic heterocycles. The number of hydrogen-bond acceptors (Lipinski definition) is 4. The van der Waals surface area contributed by atoms with Crippen molar-refractivity contribution >= 4 is 27.4 Å². The van der Waals surface area contributed by atoms with Crippen molar-refractivity contribution in [1.29, 1.82) is 0 Å². The number of carbonyl (C=O) groups excluding carboxylic acids is 1. The van der Waals surface area contributed by atoms with Crippen molar-refractivity contribution in [3.8, 4) is 0 Å². The summed E-state index contributed by atoms with van der Waals surface area (Å²) in [7, 11) is -3.32. The summed E-state index contributed by atoms with van der Waals surface area (Å²) < 4.78 is 26.3. The Kier molecular flexibility index (Phi) is 5.37. The molecule has 2 rings (SSSR count). The third-order valence-electron chi connectivity index (χ3n) is 3.43. The summed E-state index contributed by atoms with van der Waals surface area (Å²) in [5, 5.41) is 0.592. The van der Waals surface area contributed by atoms with Crippen molar-refractivity contribution < 1.29 is 13.2 Å². The Morgan fingerprint density at radius 2 is 1.71 bits per heavy atom. The normalized spacial score (nSPS) is 17.8. The summed E-state index contributed by atoms with van der Waals surface area (Å²) in [4.78, 5) is 13.1. The van der Waals surface area contributed by atoms with Gasteiger partial charge in [-0.05, 0) is 24.6 Å². The SMILES string of the molecule is CC(=O)CN1CCN(S(=O)(=O)Cc2ccc(Cl)cc2)CC1. The van der Waals surface area contributed by atoms with E-state index in [0.717, 1.165) is 5.56 Å². The molecule has 0 unspecified atom stereocenters. The first-order valence-electron chi connectivity index (χ1n) is 6.81. The molecule has 1 aliphatic heterocycles. The molecule has 21 heavy (non-hydrogen) atoms. The number of ketones is 1. The zero-order valence-corrected chi connectivity index (χ0v) is 13.5. The number of sulfonamides is 1. The van der Waals surface area contributed by atoms with Crippen LogP contribution in [0.4, 0.5) is 0 Å². The quantitative estimate of drug-likeness (QED) is 0.818. The van der Waals surface area contributed by atoms with Crippen molar-refractivity contribution in [2.24, 2.45) is 0 Å². The molecule has 1 aliphatic rings. The van der Waals surface area contributed by atoms with Gasteiger partial charge in [-0.2, -0.15) is 4.31 Å². The first-order chi connectivity index (χ1) is 9.87. The van der Waals surface area contributed by atoms with Crippen LogP contribution >= 0.6 is 11.6 Å². The van der Waals surface area contributed by atoms with E-state index in [1.54, 1.807) is 31.2 Å². The third-order valence-corrected chi connectivity index (χ3v) is 5.54. The molecule has 7 heteroatoms. The number of nitrogens with zero attached hydrogens (tertiary/aromatic N) is 2. The minimum absolute atomic E-state index is 0.0170. The molecule has 5 nitrogen and oxygen atoms in total.